The molecule has 1 fully saturated rings. The highest BCUT2D eigenvalue weighted by Gasteiger charge is 2.53. The normalized spacial score (nSPS) is 15.8. The second-order valence-electron chi connectivity index (χ2n) is 5.42. The van der Waals surface area contributed by atoms with Gasteiger partial charge in [0.05, 0.1) is 23.8 Å². The van der Waals surface area contributed by atoms with Crippen molar-refractivity contribution in [1.82, 2.24) is 4.90 Å². The van der Waals surface area contributed by atoms with Crippen LogP contribution in [-0.4, -0.2) is 43.1 Å². The minimum atomic E-state index is -5.95. The van der Waals surface area contributed by atoms with Crippen LogP contribution in [0.15, 0.2) is 11.4 Å². The number of hydrogen-bond donors (Lipinski definition) is 0. The van der Waals surface area contributed by atoms with Crippen molar-refractivity contribution < 1.29 is 31.1 Å². The standard InChI is InChI=1S/C14H17F3N2O4S3/c1-2-23-13(20)19(26(21,22)14(15,16)17)10-6-8-25-11(10)9-18-7-4-3-5-12(18)24/h6,8H,2-5,7,9H2,1H3. The first-order chi connectivity index (χ1) is 12.1. The van der Waals surface area contributed by atoms with E-state index in [4.69, 9.17) is 12.2 Å². The van der Waals surface area contributed by atoms with E-state index in [0.717, 1.165) is 30.2 Å². The number of anilines is 1. The average Bonchev–Trinajstić information content (AvgIpc) is 2.96. The van der Waals surface area contributed by atoms with Crippen LogP contribution in [0.3, 0.4) is 0 Å². The SMILES string of the molecule is CCOC(=O)N(c1ccsc1CN1CCCCC1=S)S(=O)(=O)C(F)(F)F. The van der Waals surface area contributed by atoms with Gasteiger partial charge >= 0.3 is 21.6 Å². The predicted molar refractivity (Wildman–Crippen MR) is 95.7 cm³/mol. The third-order valence-electron chi connectivity index (χ3n) is 3.66. The summed E-state index contributed by atoms with van der Waals surface area (Å²) in [5, 5.41) is 1.43. The van der Waals surface area contributed by atoms with E-state index in [1.807, 2.05) is 0 Å². The van der Waals surface area contributed by atoms with E-state index in [-0.39, 0.29) is 28.0 Å². The van der Waals surface area contributed by atoms with Crippen molar-refractivity contribution in [2.45, 2.75) is 38.2 Å². The number of sulfonamides is 1. The Balaban J connectivity index is 2.42. The molecule has 0 spiro atoms. The highest BCUT2D eigenvalue weighted by molar-refractivity contribution is 7.94. The van der Waals surface area contributed by atoms with Crippen molar-refractivity contribution in [3.8, 4) is 0 Å². The topological polar surface area (TPSA) is 66.9 Å². The summed E-state index contributed by atoms with van der Waals surface area (Å²) in [4.78, 5) is 14.8. The molecule has 0 radical (unpaired) electrons. The Hall–Kier alpha value is -1.40. The van der Waals surface area contributed by atoms with Crippen LogP contribution < -0.4 is 4.31 Å². The quantitative estimate of drug-likeness (QED) is 0.661. The lowest BCUT2D eigenvalue weighted by molar-refractivity contribution is -0.0438. The molecule has 1 aliphatic rings. The Kier molecular flexibility index (Phi) is 6.51. The Labute approximate surface area is 158 Å². The van der Waals surface area contributed by atoms with E-state index < -0.39 is 21.6 Å². The molecule has 1 amide bonds. The van der Waals surface area contributed by atoms with Crippen molar-refractivity contribution in [3.63, 3.8) is 0 Å². The second-order valence-corrected chi connectivity index (χ2v) is 8.67. The number of nitrogens with zero attached hydrogens (tertiary/aromatic N) is 2. The molecular weight excluding hydrogens is 413 g/mol. The maximum atomic E-state index is 13.1. The zero-order chi connectivity index (χ0) is 19.5. The highest BCUT2D eigenvalue weighted by atomic mass is 32.2. The van der Waals surface area contributed by atoms with Gasteiger partial charge in [-0.15, -0.1) is 11.3 Å². The molecule has 0 saturated carbocycles. The molecule has 1 saturated heterocycles. The number of thiocarbonyl (C=S) groups is 1. The van der Waals surface area contributed by atoms with Gasteiger partial charge in [0.1, 0.15) is 0 Å². The van der Waals surface area contributed by atoms with Crippen LogP contribution in [-0.2, 0) is 21.3 Å². The number of hydrogen-bond acceptors (Lipinski definition) is 6. The number of carbonyl (C=O) groups excluding carboxylic acids is 1. The summed E-state index contributed by atoms with van der Waals surface area (Å²) in [5.41, 5.74) is -6.00. The molecule has 146 valence electrons. The van der Waals surface area contributed by atoms with Gasteiger partial charge in [0.2, 0.25) is 0 Å². The summed E-state index contributed by atoms with van der Waals surface area (Å²) in [7, 11) is -5.95. The fourth-order valence-electron chi connectivity index (χ4n) is 2.45. The Bertz CT molecular complexity index is 777. The third kappa shape index (κ3) is 4.29. The summed E-state index contributed by atoms with van der Waals surface area (Å²) in [6.07, 6.45) is 0.914. The summed E-state index contributed by atoms with van der Waals surface area (Å²) >= 11 is 6.32. The number of amides is 1. The summed E-state index contributed by atoms with van der Waals surface area (Å²) in [6.45, 7) is 1.87. The van der Waals surface area contributed by atoms with E-state index in [9.17, 15) is 26.4 Å². The molecule has 1 aromatic rings. The lowest BCUT2D eigenvalue weighted by Crippen LogP contribution is -2.45. The van der Waals surface area contributed by atoms with Crippen LogP contribution in [0.4, 0.5) is 23.7 Å². The number of halogens is 3. The van der Waals surface area contributed by atoms with E-state index >= 15 is 0 Å². The first-order valence-electron chi connectivity index (χ1n) is 7.72. The van der Waals surface area contributed by atoms with Gasteiger partial charge < -0.3 is 9.64 Å². The van der Waals surface area contributed by atoms with Crippen molar-refractivity contribution >= 4 is 50.3 Å². The van der Waals surface area contributed by atoms with E-state index in [2.05, 4.69) is 4.74 Å². The van der Waals surface area contributed by atoms with Gasteiger partial charge in [-0.1, -0.05) is 12.2 Å². The van der Waals surface area contributed by atoms with Gasteiger partial charge in [0.15, 0.2) is 0 Å². The zero-order valence-electron chi connectivity index (χ0n) is 13.8. The zero-order valence-corrected chi connectivity index (χ0v) is 16.2. The van der Waals surface area contributed by atoms with Crippen molar-refractivity contribution in [3.05, 3.63) is 16.3 Å². The number of piperidine rings is 1. The van der Waals surface area contributed by atoms with Gasteiger partial charge in [-0.25, -0.2) is 4.79 Å². The monoisotopic (exact) mass is 430 g/mol. The molecule has 0 aliphatic carbocycles. The van der Waals surface area contributed by atoms with Gasteiger partial charge in [0, 0.05) is 11.4 Å². The largest absolute Gasteiger partial charge is 0.517 e. The van der Waals surface area contributed by atoms with Crippen LogP contribution >= 0.6 is 23.6 Å². The molecule has 0 N–H and O–H groups in total. The Morgan fingerprint density at radius 1 is 1.42 bits per heavy atom. The molecule has 2 heterocycles. The lowest BCUT2D eigenvalue weighted by atomic mass is 10.1. The van der Waals surface area contributed by atoms with Crippen molar-refractivity contribution in [1.29, 1.82) is 0 Å². The summed E-state index contributed by atoms with van der Waals surface area (Å²) in [5.74, 6) is 0. The lowest BCUT2D eigenvalue weighted by Gasteiger charge is -2.30. The molecule has 1 aliphatic heterocycles. The van der Waals surface area contributed by atoms with Crippen LogP contribution in [0.1, 0.15) is 31.1 Å². The molecule has 6 nitrogen and oxygen atoms in total. The minimum absolute atomic E-state index is 0.134. The molecule has 0 atom stereocenters. The third-order valence-corrected chi connectivity index (χ3v) is 6.43. The molecular formula is C14H17F3N2O4S3. The van der Waals surface area contributed by atoms with E-state index in [0.29, 0.717) is 18.0 Å². The second kappa shape index (κ2) is 8.09. The number of carbonyl (C=O) groups is 1. The maximum absolute atomic E-state index is 13.1. The molecule has 1 aromatic heterocycles. The number of likely N-dealkylation sites (tertiary alicyclic amines) is 1. The summed E-state index contributed by atoms with van der Waals surface area (Å²) in [6, 6.07) is 1.16. The van der Waals surface area contributed by atoms with Crippen molar-refractivity contribution in [2.75, 3.05) is 17.5 Å². The molecule has 0 aromatic carbocycles. The molecule has 26 heavy (non-hydrogen) atoms. The fourth-order valence-corrected chi connectivity index (χ4v) is 4.56. The Morgan fingerprint density at radius 3 is 2.69 bits per heavy atom. The highest BCUT2D eigenvalue weighted by Crippen LogP contribution is 2.36. The Morgan fingerprint density at radius 2 is 2.12 bits per heavy atom. The molecule has 0 bridgehead atoms. The van der Waals surface area contributed by atoms with Gasteiger partial charge in [-0.05, 0) is 37.6 Å². The predicted octanol–water partition coefficient (Wildman–Crippen LogP) is 3.87. The van der Waals surface area contributed by atoms with Gasteiger partial charge in [0.25, 0.3) is 0 Å². The van der Waals surface area contributed by atoms with Gasteiger partial charge in [-0.3, -0.25) is 0 Å². The smallest absolute Gasteiger partial charge is 0.449 e. The average molecular weight is 430 g/mol. The fraction of sp³-hybridized carbons (Fsp3) is 0.571. The van der Waals surface area contributed by atoms with Gasteiger partial charge in [-0.2, -0.15) is 25.9 Å². The maximum Gasteiger partial charge on any atom is 0.517 e. The number of ether oxygens (including phenoxy) is 1. The molecule has 0 unspecified atom stereocenters. The first kappa shape index (κ1) is 20.9. The van der Waals surface area contributed by atoms with Crippen LogP contribution in [0.2, 0.25) is 0 Å². The van der Waals surface area contributed by atoms with E-state index in [1.54, 1.807) is 4.90 Å². The number of alkyl halides is 3. The van der Waals surface area contributed by atoms with Crippen LogP contribution in [0, 0.1) is 0 Å². The molecule has 12 heteroatoms. The van der Waals surface area contributed by atoms with Crippen LogP contribution in [0.5, 0.6) is 0 Å². The number of rotatable bonds is 5. The van der Waals surface area contributed by atoms with E-state index in [1.165, 1.54) is 12.3 Å². The summed E-state index contributed by atoms with van der Waals surface area (Å²) < 4.78 is 67.3. The minimum Gasteiger partial charge on any atom is -0.449 e. The first-order valence-corrected chi connectivity index (χ1v) is 10.4. The van der Waals surface area contributed by atoms with Crippen molar-refractivity contribution in [2.24, 2.45) is 0 Å². The molecule has 2 rings (SSSR count). The van der Waals surface area contributed by atoms with Crippen LogP contribution in [0.25, 0.3) is 0 Å². The number of thiophene rings is 1.